The first kappa shape index (κ1) is 16.7. The van der Waals surface area contributed by atoms with Gasteiger partial charge in [-0.1, -0.05) is 27.7 Å². The van der Waals surface area contributed by atoms with Crippen molar-refractivity contribution in [1.29, 1.82) is 0 Å². The molecule has 128 valence electrons. The molecule has 0 amide bonds. The molecular weight excluding hydrogens is 312 g/mol. The molecule has 0 aliphatic carbocycles. The van der Waals surface area contributed by atoms with Gasteiger partial charge in [0.1, 0.15) is 6.10 Å². The van der Waals surface area contributed by atoms with E-state index < -0.39 is 8.32 Å². The fourth-order valence-electron chi connectivity index (χ4n) is 2.85. The van der Waals surface area contributed by atoms with Crippen LogP contribution in [0, 0.1) is 0 Å². The predicted molar refractivity (Wildman–Crippen MR) is 89.2 cm³/mol. The van der Waals surface area contributed by atoms with Crippen molar-refractivity contribution in [3.63, 3.8) is 0 Å². The summed E-state index contributed by atoms with van der Waals surface area (Å²) >= 11 is 0. The second kappa shape index (κ2) is 5.43. The first-order valence-electron chi connectivity index (χ1n) is 8.23. The van der Waals surface area contributed by atoms with Gasteiger partial charge in [-0.25, -0.2) is 0 Å². The lowest BCUT2D eigenvalue weighted by Gasteiger charge is -2.40. The van der Waals surface area contributed by atoms with Crippen LogP contribution in [-0.2, 0) is 9.16 Å². The van der Waals surface area contributed by atoms with Gasteiger partial charge in [0.05, 0.1) is 6.10 Å². The Morgan fingerprint density at radius 3 is 2.70 bits per heavy atom. The maximum Gasteiger partial charge on any atom is 0.302 e. The highest BCUT2D eigenvalue weighted by Gasteiger charge is 2.54. The van der Waals surface area contributed by atoms with Gasteiger partial charge >= 0.3 is 6.01 Å². The average molecular weight is 338 g/mol. The summed E-state index contributed by atoms with van der Waals surface area (Å²) < 4.78 is 20.5. The molecule has 0 spiro atoms. The Labute approximate surface area is 137 Å². The number of aromatic nitrogens is 2. The molecule has 23 heavy (non-hydrogen) atoms. The van der Waals surface area contributed by atoms with E-state index in [0.717, 1.165) is 6.42 Å². The van der Waals surface area contributed by atoms with Gasteiger partial charge in [0.25, 0.3) is 5.56 Å². The normalized spacial score (nSPS) is 30.0. The van der Waals surface area contributed by atoms with E-state index in [1.54, 1.807) is 10.8 Å². The summed E-state index contributed by atoms with van der Waals surface area (Å²) in [5.41, 5.74) is -0.301. The van der Waals surface area contributed by atoms with Crippen LogP contribution in [0.3, 0.4) is 0 Å². The molecule has 3 heterocycles. The van der Waals surface area contributed by atoms with Crippen LogP contribution in [0.5, 0.6) is 6.01 Å². The molecular formula is C16H26N2O4Si. The van der Waals surface area contributed by atoms with Gasteiger partial charge in [0.2, 0.25) is 0 Å². The monoisotopic (exact) mass is 338 g/mol. The van der Waals surface area contributed by atoms with Gasteiger partial charge in [-0.2, -0.15) is 4.98 Å². The van der Waals surface area contributed by atoms with E-state index in [1.165, 1.54) is 6.07 Å². The number of ether oxygens (including phenoxy) is 2. The van der Waals surface area contributed by atoms with Gasteiger partial charge < -0.3 is 13.9 Å². The SMILES string of the molecule is CCC1OC2C(Oc3nc(=O)ccn32)C1O[Si](C)(C)C(C)(C)C. The summed E-state index contributed by atoms with van der Waals surface area (Å²) in [6, 6.07) is 1.76. The quantitative estimate of drug-likeness (QED) is 0.793. The Hall–Kier alpha value is -1.18. The van der Waals surface area contributed by atoms with Crippen molar-refractivity contribution in [2.24, 2.45) is 0 Å². The van der Waals surface area contributed by atoms with Crippen molar-refractivity contribution < 1.29 is 13.9 Å². The molecule has 1 saturated heterocycles. The molecule has 6 nitrogen and oxygen atoms in total. The Bertz CT molecular complexity index is 652. The Morgan fingerprint density at radius 1 is 1.39 bits per heavy atom. The third-order valence-electron chi connectivity index (χ3n) is 5.24. The van der Waals surface area contributed by atoms with Crippen molar-refractivity contribution >= 4 is 8.32 Å². The molecule has 0 N–H and O–H groups in total. The maximum atomic E-state index is 11.4. The molecule has 4 unspecified atom stereocenters. The van der Waals surface area contributed by atoms with Crippen LogP contribution in [0.4, 0.5) is 0 Å². The van der Waals surface area contributed by atoms with Crippen LogP contribution in [-0.4, -0.2) is 36.2 Å². The van der Waals surface area contributed by atoms with Crippen molar-refractivity contribution in [2.75, 3.05) is 0 Å². The maximum absolute atomic E-state index is 11.4. The van der Waals surface area contributed by atoms with E-state index in [-0.39, 0.29) is 35.1 Å². The van der Waals surface area contributed by atoms with Crippen molar-refractivity contribution in [2.45, 2.75) is 76.8 Å². The van der Waals surface area contributed by atoms with E-state index >= 15 is 0 Å². The molecule has 1 aromatic heterocycles. The molecule has 1 fully saturated rings. The fraction of sp³-hybridized carbons (Fsp3) is 0.750. The third-order valence-corrected chi connectivity index (χ3v) is 9.72. The van der Waals surface area contributed by atoms with E-state index in [9.17, 15) is 4.79 Å². The van der Waals surface area contributed by atoms with Crippen molar-refractivity contribution in [1.82, 2.24) is 9.55 Å². The van der Waals surface area contributed by atoms with Crippen LogP contribution < -0.4 is 10.3 Å². The van der Waals surface area contributed by atoms with E-state index in [0.29, 0.717) is 6.01 Å². The summed E-state index contributed by atoms with van der Waals surface area (Å²) in [7, 11) is -1.95. The van der Waals surface area contributed by atoms with Crippen LogP contribution >= 0.6 is 0 Å². The van der Waals surface area contributed by atoms with Gasteiger partial charge in [-0.15, -0.1) is 0 Å². The smallest absolute Gasteiger partial charge is 0.302 e. The topological polar surface area (TPSA) is 62.6 Å². The average Bonchev–Trinajstić information content (AvgIpc) is 2.93. The summed E-state index contributed by atoms with van der Waals surface area (Å²) in [5, 5.41) is 0.114. The highest BCUT2D eigenvalue weighted by Crippen LogP contribution is 2.45. The Kier molecular flexibility index (Phi) is 3.93. The minimum absolute atomic E-state index is 0.00768. The molecule has 0 aromatic carbocycles. The predicted octanol–water partition coefficient (Wildman–Crippen LogP) is 2.70. The zero-order valence-corrected chi connectivity index (χ0v) is 15.7. The number of hydrogen-bond donors (Lipinski definition) is 0. The lowest BCUT2D eigenvalue weighted by atomic mass is 10.1. The van der Waals surface area contributed by atoms with E-state index in [4.69, 9.17) is 13.9 Å². The van der Waals surface area contributed by atoms with Crippen LogP contribution in [0.25, 0.3) is 0 Å². The molecule has 4 atom stereocenters. The summed E-state index contributed by atoms with van der Waals surface area (Å²) in [6.07, 6.45) is 1.89. The van der Waals surface area contributed by atoms with Gasteiger partial charge in [0, 0.05) is 12.3 Å². The number of fused-ring (bicyclic) bond motifs is 3. The van der Waals surface area contributed by atoms with Crippen LogP contribution in [0.15, 0.2) is 17.1 Å². The molecule has 3 rings (SSSR count). The summed E-state index contributed by atoms with van der Waals surface area (Å²) in [4.78, 5) is 15.4. The van der Waals surface area contributed by atoms with Crippen molar-refractivity contribution in [3.05, 3.63) is 22.6 Å². The molecule has 0 bridgehead atoms. The van der Waals surface area contributed by atoms with Gasteiger partial charge in [-0.05, 0) is 24.6 Å². The lowest BCUT2D eigenvalue weighted by Crippen LogP contribution is -2.49. The first-order chi connectivity index (χ1) is 10.6. The number of rotatable bonds is 3. The Morgan fingerprint density at radius 2 is 2.09 bits per heavy atom. The fourth-order valence-corrected chi connectivity index (χ4v) is 4.16. The Balaban J connectivity index is 1.89. The third kappa shape index (κ3) is 2.75. The molecule has 0 radical (unpaired) electrons. The molecule has 7 heteroatoms. The first-order valence-corrected chi connectivity index (χ1v) is 11.1. The minimum atomic E-state index is -1.95. The summed E-state index contributed by atoms with van der Waals surface area (Å²) in [6.45, 7) is 13.2. The van der Waals surface area contributed by atoms with Crippen molar-refractivity contribution in [3.8, 4) is 6.01 Å². The number of nitrogens with zero attached hydrogens (tertiary/aromatic N) is 2. The highest BCUT2D eigenvalue weighted by molar-refractivity contribution is 6.74. The van der Waals surface area contributed by atoms with Gasteiger partial charge in [0.15, 0.2) is 20.6 Å². The second-order valence-electron chi connectivity index (χ2n) is 7.85. The van der Waals surface area contributed by atoms with Crippen LogP contribution in [0.1, 0.15) is 40.3 Å². The van der Waals surface area contributed by atoms with E-state index in [1.807, 2.05) is 0 Å². The number of hydrogen-bond acceptors (Lipinski definition) is 5. The summed E-state index contributed by atoms with van der Waals surface area (Å²) in [5.74, 6) is 0. The zero-order valence-electron chi connectivity index (χ0n) is 14.7. The second-order valence-corrected chi connectivity index (χ2v) is 12.6. The van der Waals surface area contributed by atoms with Gasteiger partial charge in [-0.3, -0.25) is 9.36 Å². The molecule has 0 saturated carbocycles. The standard InChI is InChI=1S/C16H26N2O4Si/c1-7-10-12(22-23(5,6)16(2,3)4)13-14(20-10)18-9-8-11(19)17-15(18)21-13/h8-10,12-14H,7H2,1-6H3. The largest absolute Gasteiger partial charge is 0.454 e. The van der Waals surface area contributed by atoms with E-state index in [2.05, 4.69) is 45.8 Å². The lowest BCUT2D eigenvalue weighted by molar-refractivity contribution is -0.0164. The highest BCUT2D eigenvalue weighted by atomic mass is 28.4. The molecule has 1 aromatic rings. The van der Waals surface area contributed by atoms with Crippen LogP contribution in [0.2, 0.25) is 18.1 Å². The molecule has 2 aliphatic heterocycles. The molecule has 2 aliphatic rings. The zero-order chi connectivity index (χ0) is 17.0. The minimum Gasteiger partial charge on any atom is -0.454 e.